The van der Waals surface area contributed by atoms with Gasteiger partial charge in [-0.05, 0) is 29.0 Å². The number of nitrogens with one attached hydrogen (secondary N) is 1. The zero-order valence-electron chi connectivity index (χ0n) is 13.5. The first-order valence-corrected chi connectivity index (χ1v) is 8.02. The van der Waals surface area contributed by atoms with E-state index in [9.17, 15) is 9.59 Å². The number of fused-ring (bicyclic) bond motifs is 2. The maximum atomic E-state index is 12.5. The fraction of sp³-hybridized carbons (Fsp3) is 0.0476. The third-order valence-electron chi connectivity index (χ3n) is 4.37. The van der Waals surface area contributed by atoms with E-state index in [1.165, 1.54) is 4.90 Å². The lowest BCUT2D eigenvalue weighted by Gasteiger charge is -2.17. The highest BCUT2D eigenvalue weighted by Crippen LogP contribution is 2.30. The largest absolute Gasteiger partial charge is 0.325 e. The molecule has 2 amide bonds. The van der Waals surface area contributed by atoms with Crippen LogP contribution in [0.2, 0.25) is 0 Å². The number of amides is 2. The second kappa shape index (κ2) is 5.91. The van der Waals surface area contributed by atoms with Crippen molar-refractivity contribution in [1.82, 2.24) is 4.90 Å². The Balaban J connectivity index is 1.51. The molecule has 0 saturated carbocycles. The first-order valence-electron chi connectivity index (χ1n) is 8.02. The van der Waals surface area contributed by atoms with Crippen molar-refractivity contribution in [1.29, 1.82) is 0 Å². The molecule has 0 aliphatic carbocycles. The van der Waals surface area contributed by atoms with Crippen molar-refractivity contribution in [3.05, 3.63) is 84.4 Å². The van der Waals surface area contributed by atoms with Crippen LogP contribution in [0.3, 0.4) is 0 Å². The standard InChI is InChI=1S/C21H16N2O2/c1-14-18-8-4-5-9-19(18)21(25)23(14)13-20(24)22-17-11-10-15-6-2-3-7-16(15)12-17/h2-12H,1,13H2,(H,22,24). The second-order valence-corrected chi connectivity index (χ2v) is 5.99. The smallest absolute Gasteiger partial charge is 0.259 e. The van der Waals surface area contributed by atoms with Gasteiger partial charge in [-0.15, -0.1) is 0 Å². The molecular weight excluding hydrogens is 312 g/mol. The predicted molar refractivity (Wildman–Crippen MR) is 99.1 cm³/mol. The van der Waals surface area contributed by atoms with Gasteiger partial charge in [0.1, 0.15) is 6.54 Å². The summed E-state index contributed by atoms with van der Waals surface area (Å²) in [4.78, 5) is 26.3. The van der Waals surface area contributed by atoms with Crippen molar-refractivity contribution < 1.29 is 9.59 Å². The lowest BCUT2D eigenvalue weighted by molar-refractivity contribution is -0.116. The van der Waals surface area contributed by atoms with Crippen LogP contribution in [0.1, 0.15) is 15.9 Å². The van der Waals surface area contributed by atoms with Crippen LogP contribution >= 0.6 is 0 Å². The van der Waals surface area contributed by atoms with Gasteiger partial charge in [-0.3, -0.25) is 14.5 Å². The van der Waals surface area contributed by atoms with Gasteiger partial charge in [0.15, 0.2) is 0 Å². The van der Waals surface area contributed by atoms with Crippen molar-refractivity contribution in [2.24, 2.45) is 0 Å². The molecule has 4 nitrogen and oxygen atoms in total. The number of hydrogen-bond donors (Lipinski definition) is 1. The monoisotopic (exact) mass is 328 g/mol. The molecule has 0 spiro atoms. The number of anilines is 1. The summed E-state index contributed by atoms with van der Waals surface area (Å²) in [5.41, 5.74) is 2.64. The molecule has 4 rings (SSSR count). The summed E-state index contributed by atoms with van der Waals surface area (Å²) in [5, 5.41) is 5.02. The van der Waals surface area contributed by atoms with Gasteiger partial charge >= 0.3 is 0 Å². The minimum Gasteiger partial charge on any atom is -0.325 e. The predicted octanol–water partition coefficient (Wildman–Crippen LogP) is 3.91. The van der Waals surface area contributed by atoms with E-state index in [4.69, 9.17) is 0 Å². The summed E-state index contributed by atoms with van der Waals surface area (Å²) in [6.45, 7) is 3.90. The average Bonchev–Trinajstić information content (AvgIpc) is 2.87. The Morgan fingerprint density at radius 3 is 2.36 bits per heavy atom. The van der Waals surface area contributed by atoms with Gasteiger partial charge in [0.2, 0.25) is 5.91 Å². The number of carbonyl (C=O) groups excluding carboxylic acids is 2. The molecule has 0 atom stereocenters. The highest BCUT2D eigenvalue weighted by Gasteiger charge is 2.31. The lowest BCUT2D eigenvalue weighted by atomic mass is 10.1. The van der Waals surface area contributed by atoms with Crippen molar-refractivity contribution in [3.8, 4) is 0 Å². The molecule has 1 aliphatic rings. The number of benzene rings is 3. The number of hydrogen-bond acceptors (Lipinski definition) is 2. The highest BCUT2D eigenvalue weighted by molar-refractivity contribution is 6.11. The summed E-state index contributed by atoms with van der Waals surface area (Å²) in [6.07, 6.45) is 0. The van der Waals surface area contributed by atoms with E-state index in [1.807, 2.05) is 60.7 Å². The summed E-state index contributed by atoms with van der Waals surface area (Å²) < 4.78 is 0. The number of nitrogens with zero attached hydrogens (tertiary/aromatic N) is 1. The molecule has 0 fully saturated rings. The molecule has 1 heterocycles. The van der Waals surface area contributed by atoms with Crippen LogP contribution in [-0.2, 0) is 4.79 Å². The normalized spacial score (nSPS) is 13.2. The fourth-order valence-electron chi connectivity index (χ4n) is 3.11. The van der Waals surface area contributed by atoms with E-state index in [2.05, 4.69) is 11.9 Å². The maximum absolute atomic E-state index is 12.5. The quantitative estimate of drug-likeness (QED) is 0.792. The van der Waals surface area contributed by atoms with E-state index in [0.717, 1.165) is 16.3 Å². The van der Waals surface area contributed by atoms with Crippen molar-refractivity contribution in [3.63, 3.8) is 0 Å². The van der Waals surface area contributed by atoms with Gasteiger partial charge in [0, 0.05) is 22.5 Å². The van der Waals surface area contributed by atoms with Crippen molar-refractivity contribution in [2.45, 2.75) is 0 Å². The first kappa shape index (κ1) is 15.1. The van der Waals surface area contributed by atoms with Crippen LogP contribution in [0, 0.1) is 0 Å². The van der Waals surface area contributed by atoms with Crippen LogP contribution in [0.15, 0.2) is 73.3 Å². The zero-order valence-corrected chi connectivity index (χ0v) is 13.5. The second-order valence-electron chi connectivity index (χ2n) is 5.99. The minimum absolute atomic E-state index is 0.0564. The van der Waals surface area contributed by atoms with Crippen molar-refractivity contribution in [2.75, 3.05) is 11.9 Å². The fourth-order valence-corrected chi connectivity index (χ4v) is 3.11. The molecule has 0 radical (unpaired) electrons. The zero-order chi connectivity index (χ0) is 17.4. The van der Waals surface area contributed by atoms with Gasteiger partial charge in [-0.25, -0.2) is 0 Å². The van der Waals surface area contributed by atoms with Crippen LogP contribution in [0.25, 0.3) is 16.5 Å². The highest BCUT2D eigenvalue weighted by atomic mass is 16.2. The molecule has 0 aromatic heterocycles. The summed E-state index contributed by atoms with van der Waals surface area (Å²) in [5.74, 6) is -0.438. The summed E-state index contributed by atoms with van der Waals surface area (Å²) in [7, 11) is 0. The number of rotatable bonds is 3. The SMILES string of the molecule is C=C1c2ccccc2C(=O)N1CC(=O)Nc1ccc2ccccc2c1. The van der Waals surface area contributed by atoms with E-state index < -0.39 is 0 Å². The Kier molecular flexibility index (Phi) is 3.58. The average molecular weight is 328 g/mol. The Morgan fingerprint density at radius 1 is 0.920 bits per heavy atom. The van der Waals surface area contributed by atoms with Crippen LogP contribution in [0.4, 0.5) is 5.69 Å². The maximum Gasteiger partial charge on any atom is 0.259 e. The molecule has 4 heteroatoms. The molecule has 1 N–H and O–H groups in total. The molecule has 1 aliphatic heterocycles. The van der Waals surface area contributed by atoms with Crippen LogP contribution in [0.5, 0.6) is 0 Å². The topological polar surface area (TPSA) is 49.4 Å². The van der Waals surface area contributed by atoms with Crippen LogP contribution in [-0.4, -0.2) is 23.3 Å². The van der Waals surface area contributed by atoms with E-state index in [-0.39, 0.29) is 18.4 Å². The van der Waals surface area contributed by atoms with Gasteiger partial charge in [-0.2, -0.15) is 0 Å². The van der Waals surface area contributed by atoms with Crippen molar-refractivity contribution >= 4 is 34.0 Å². The molecule has 3 aromatic carbocycles. The first-order chi connectivity index (χ1) is 12.1. The Morgan fingerprint density at radius 2 is 1.60 bits per heavy atom. The number of carbonyl (C=O) groups is 2. The van der Waals surface area contributed by atoms with Gasteiger partial charge in [-0.1, -0.05) is 55.1 Å². The van der Waals surface area contributed by atoms with Gasteiger partial charge in [0.05, 0.1) is 0 Å². The third kappa shape index (κ3) is 2.68. The van der Waals surface area contributed by atoms with Gasteiger partial charge < -0.3 is 5.32 Å². The summed E-state index contributed by atoms with van der Waals surface area (Å²) in [6, 6.07) is 20.9. The molecule has 25 heavy (non-hydrogen) atoms. The third-order valence-corrected chi connectivity index (χ3v) is 4.37. The Hall–Kier alpha value is -3.40. The molecule has 3 aromatic rings. The van der Waals surface area contributed by atoms with E-state index in [1.54, 1.807) is 6.07 Å². The minimum atomic E-state index is -0.252. The van der Waals surface area contributed by atoms with Crippen LogP contribution < -0.4 is 5.32 Å². The van der Waals surface area contributed by atoms with Gasteiger partial charge in [0.25, 0.3) is 5.91 Å². The molecule has 0 bridgehead atoms. The van der Waals surface area contributed by atoms with E-state index in [0.29, 0.717) is 16.9 Å². The lowest BCUT2D eigenvalue weighted by Crippen LogP contribution is -2.32. The Labute approximate surface area is 145 Å². The van der Waals surface area contributed by atoms with E-state index >= 15 is 0 Å². The molecule has 0 unspecified atom stereocenters. The Bertz CT molecular complexity index is 988. The summed E-state index contributed by atoms with van der Waals surface area (Å²) >= 11 is 0. The molecular formula is C21H16N2O2. The molecule has 122 valence electrons. The molecule has 0 saturated heterocycles.